The molecule has 0 bridgehead atoms. The number of carbonyl (C=O) groups is 1. The van der Waals surface area contributed by atoms with Crippen LogP contribution in [0.5, 0.6) is 0 Å². The van der Waals surface area contributed by atoms with Crippen LogP contribution >= 0.6 is 0 Å². The summed E-state index contributed by atoms with van der Waals surface area (Å²) in [5, 5.41) is 2.68. The van der Waals surface area contributed by atoms with Gasteiger partial charge in [0.15, 0.2) is 0 Å². The average molecular weight is 282 g/mol. The van der Waals surface area contributed by atoms with Crippen LogP contribution in [0.15, 0.2) is 28.9 Å². The molecule has 1 aliphatic rings. The number of nitrogens with zero attached hydrogens (tertiary/aromatic N) is 1. The molecule has 0 aromatic rings. The fourth-order valence-corrected chi connectivity index (χ4v) is 1.17. The molecule has 1 aliphatic heterocycles. The number of methoxy groups -OCH3 is 1. The number of hydrogen-bond acceptors (Lipinski definition) is 3. The Hall–Kier alpha value is -1.58. The van der Waals surface area contributed by atoms with Crippen molar-refractivity contribution in [2.24, 2.45) is 4.99 Å². The highest BCUT2D eigenvalue weighted by molar-refractivity contribution is 5.88. The van der Waals surface area contributed by atoms with Gasteiger partial charge in [-0.25, -0.2) is 4.99 Å². The Morgan fingerprint density at radius 1 is 1.45 bits per heavy atom. The number of amides is 1. The molecule has 0 aliphatic carbocycles. The van der Waals surface area contributed by atoms with E-state index in [1.807, 2.05) is 45.9 Å². The van der Waals surface area contributed by atoms with Gasteiger partial charge in [-0.05, 0) is 32.8 Å². The highest BCUT2D eigenvalue weighted by Gasteiger charge is 2.05. The van der Waals surface area contributed by atoms with Crippen molar-refractivity contribution in [2.75, 3.05) is 13.7 Å². The second-order valence-corrected chi connectivity index (χ2v) is 3.85. The van der Waals surface area contributed by atoms with E-state index in [9.17, 15) is 4.79 Å². The Morgan fingerprint density at radius 3 is 2.40 bits per heavy atom. The van der Waals surface area contributed by atoms with Gasteiger partial charge >= 0.3 is 0 Å². The van der Waals surface area contributed by atoms with E-state index < -0.39 is 0 Å². The second kappa shape index (κ2) is 15.5. The van der Waals surface area contributed by atoms with Crippen LogP contribution in [0, 0.1) is 0 Å². The zero-order valence-corrected chi connectivity index (χ0v) is 13.8. The fourth-order valence-electron chi connectivity index (χ4n) is 1.17. The molecule has 1 heterocycles. The van der Waals surface area contributed by atoms with Crippen LogP contribution in [-0.2, 0) is 9.53 Å². The predicted octanol–water partition coefficient (Wildman–Crippen LogP) is 3.84. The molecule has 0 aromatic carbocycles. The zero-order valence-electron chi connectivity index (χ0n) is 13.8. The molecule has 1 amide bonds. The molecule has 1 fully saturated rings. The van der Waals surface area contributed by atoms with Gasteiger partial charge in [0.05, 0.1) is 7.11 Å². The molecular weight excluding hydrogens is 252 g/mol. The van der Waals surface area contributed by atoms with E-state index in [0.717, 1.165) is 31.5 Å². The quantitative estimate of drug-likeness (QED) is 0.631. The maximum atomic E-state index is 10.1. The molecule has 20 heavy (non-hydrogen) atoms. The third-order valence-electron chi connectivity index (χ3n) is 2.31. The van der Waals surface area contributed by atoms with Crippen molar-refractivity contribution in [1.82, 2.24) is 5.32 Å². The van der Waals surface area contributed by atoms with Crippen molar-refractivity contribution in [2.45, 2.75) is 53.9 Å². The minimum Gasteiger partial charge on any atom is -0.481 e. The van der Waals surface area contributed by atoms with Gasteiger partial charge in [0, 0.05) is 18.7 Å². The number of nitrogens with one attached hydrogen (secondary N) is 1. The maximum Gasteiger partial charge on any atom is 0.220 e. The Kier molecular flexibility index (Phi) is 16.0. The lowest BCUT2D eigenvalue weighted by Crippen LogP contribution is -2.12. The van der Waals surface area contributed by atoms with Gasteiger partial charge in [0.2, 0.25) is 11.8 Å². The smallest absolute Gasteiger partial charge is 0.220 e. The van der Waals surface area contributed by atoms with Gasteiger partial charge in [-0.3, -0.25) is 4.79 Å². The van der Waals surface area contributed by atoms with Gasteiger partial charge < -0.3 is 10.1 Å². The summed E-state index contributed by atoms with van der Waals surface area (Å²) in [6.07, 6.45) is 8.60. The maximum absolute atomic E-state index is 10.1. The summed E-state index contributed by atoms with van der Waals surface area (Å²) in [7, 11) is 1.63. The van der Waals surface area contributed by atoms with Crippen LogP contribution < -0.4 is 5.32 Å². The summed E-state index contributed by atoms with van der Waals surface area (Å²) in [5.74, 6) is 0.863. The summed E-state index contributed by atoms with van der Waals surface area (Å²) < 4.78 is 5.05. The van der Waals surface area contributed by atoms with E-state index in [1.54, 1.807) is 7.11 Å². The minimum absolute atomic E-state index is 0.204. The Bertz CT molecular complexity index is 323. The first-order valence-electron chi connectivity index (χ1n) is 7.32. The van der Waals surface area contributed by atoms with Crippen molar-refractivity contribution in [3.63, 3.8) is 0 Å². The number of aliphatic imine (C=N–C) groups is 1. The van der Waals surface area contributed by atoms with Gasteiger partial charge in [-0.15, -0.1) is 0 Å². The lowest BCUT2D eigenvalue weighted by molar-refractivity contribution is -0.119. The number of carbonyl (C=O) groups excluding carboxylic acids is 1. The van der Waals surface area contributed by atoms with Crippen molar-refractivity contribution in [1.29, 1.82) is 0 Å². The standard InChI is InChI=1S/C10H17NO.C4H7NO.C2H6/c1-5-7-8-10(12-4)11-9(3)6-2;6-4-2-1-3-5-4;1-2/h6-8H,5H2,1-4H3;1-3H2,(H,5,6);1-2H3/b8-7+,9-6-,11-10-;;. The molecule has 0 saturated carbocycles. The van der Waals surface area contributed by atoms with Crippen LogP contribution in [0.25, 0.3) is 0 Å². The molecule has 4 heteroatoms. The van der Waals surface area contributed by atoms with E-state index in [0.29, 0.717) is 5.90 Å². The molecule has 0 atom stereocenters. The SMILES string of the molecule is CC.C\C=C(C)/N=C(/C=C/CC)OC.O=C1CCCN1. The molecule has 0 aromatic heterocycles. The van der Waals surface area contributed by atoms with E-state index in [4.69, 9.17) is 4.74 Å². The van der Waals surface area contributed by atoms with Crippen molar-refractivity contribution in [3.05, 3.63) is 23.9 Å². The highest BCUT2D eigenvalue weighted by Crippen LogP contribution is 1.97. The van der Waals surface area contributed by atoms with Gasteiger partial charge in [0.1, 0.15) is 0 Å². The summed E-state index contributed by atoms with van der Waals surface area (Å²) in [4.78, 5) is 14.4. The third kappa shape index (κ3) is 12.9. The molecule has 0 spiro atoms. The van der Waals surface area contributed by atoms with E-state index in [1.165, 1.54) is 0 Å². The minimum atomic E-state index is 0.204. The molecule has 1 rings (SSSR count). The molecule has 116 valence electrons. The number of ether oxygens (including phenoxy) is 1. The molecular formula is C16H30N2O2. The molecule has 0 radical (unpaired) electrons. The summed E-state index contributed by atoms with van der Waals surface area (Å²) in [6, 6.07) is 0. The second-order valence-electron chi connectivity index (χ2n) is 3.85. The first-order chi connectivity index (χ1) is 9.63. The monoisotopic (exact) mass is 282 g/mol. The Labute approximate surface area is 124 Å². The van der Waals surface area contributed by atoms with Gasteiger partial charge in [0.25, 0.3) is 0 Å². The van der Waals surface area contributed by atoms with Crippen molar-refractivity contribution in [3.8, 4) is 0 Å². The van der Waals surface area contributed by atoms with Gasteiger partial charge in [-0.2, -0.15) is 0 Å². The fraction of sp³-hybridized carbons (Fsp3) is 0.625. The van der Waals surface area contributed by atoms with Crippen LogP contribution in [0.1, 0.15) is 53.9 Å². The Morgan fingerprint density at radius 2 is 2.10 bits per heavy atom. The van der Waals surface area contributed by atoms with Crippen LogP contribution in [0.4, 0.5) is 0 Å². The molecule has 0 unspecified atom stereocenters. The van der Waals surface area contributed by atoms with Gasteiger partial charge in [-0.1, -0.05) is 32.9 Å². The summed E-state index contributed by atoms with van der Waals surface area (Å²) in [5.41, 5.74) is 0.965. The average Bonchev–Trinajstić information content (AvgIpc) is 2.97. The number of rotatable bonds is 3. The van der Waals surface area contributed by atoms with E-state index in [-0.39, 0.29) is 5.91 Å². The van der Waals surface area contributed by atoms with Crippen LogP contribution in [0.3, 0.4) is 0 Å². The topological polar surface area (TPSA) is 50.7 Å². The van der Waals surface area contributed by atoms with Crippen LogP contribution in [-0.4, -0.2) is 25.5 Å². The number of hydrogen-bond donors (Lipinski definition) is 1. The van der Waals surface area contributed by atoms with Crippen molar-refractivity contribution < 1.29 is 9.53 Å². The summed E-state index contributed by atoms with van der Waals surface area (Å²) >= 11 is 0. The lowest BCUT2D eigenvalue weighted by Gasteiger charge is -1.98. The predicted molar refractivity (Wildman–Crippen MR) is 86.9 cm³/mol. The Balaban J connectivity index is 0. The molecule has 4 nitrogen and oxygen atoms in total. The first-order valence-corrected chi connectivity index (χ1v) is 7.32. The first kappa shape index (κ1) is 20.7. The van der Waals surface area contributed by atoms with Crippen LogP contribution in [0.2, 0.25) is 0 Å². The normalized spacial score (nSPS) is 15.0. The largest absolute Gasteiger partial charge is 0.481 e. The molecule has 1 N–H and O–H groups in total. The van der Waals surface area contributed by atoms with E-state index in [2.05, 4.69) is 17.2 Å². The lowest BCUT2D eigenvalue weighted by atomic mass is 10.4. The van der Waals surface area contributed by atoms with Crippen molar-refractivity contribution >= 4 is 11.8 Å². The third-order valence-corrected chi connectivity index (χ3v) is 2.31. The number of allylic oxidation sites excluding steroid dienone is 3. The van der Waals surface area contributed by atoms with E-state index >= 15 is 0 Å². The molecule has 1 saturated heterocycles. The zero-order chi connectivity index (χ0) is 15.8. The summed E-state index contributed by atoms with van der Waals surface area (Å²) in [6.45, 7) is 10.9. The highest BCUT2D eigenvalue weighted by atomic mass is 16.5.